The van der Waals surface area contributed by atoms with Crippen molar-refractivity contribution in [2.75, 3.05) is 14.2 Å². The number of benzene rings is 3. The Kier molecular flexibility index (Phi) is 10.2. The molecule has 0 saturated carbocycles. The van der Waals surface area contributed by atoms with E-state index in [1.54, 1.807) is 61.5 Å². The highest BCUT2D eigenvalue weighted by Gasteiger charge is 2.25. The van der Waals surface area contributed by atoms with Crippen molar-refractivity contribution < 1.29 is 28.3 Å². The van der Waals surface area contributed by atoms with Crippen molar-refractivity contribution in [2.24, 2.45) is 10.3 Å². The van der Waals surface area contributed by atoms with Gasteiger partial charge in [-0.1, -0.05) is 58.6 Å². The van der Waals surface area contributed by atoms with Crippen molar-refractivity contribution in [2.45, 2.75) is 25.6 Å². The number of oxime groups is 2. The van der Waals surface area contributed by atoms with Crippen LogP contribution in [0, 0.1) is 6.92 Å². The Morgan fingerprint density at radius 1 is 1.00 bits per heavy atom. The fourth-order valence-corrected chi connectivity index (χ4v) is 4.20. The Bertz CT molecular complexity index is 1360. The maximum Gasteiger partial charge on any atom is 0.360 e. The lowest BCUT2D eigenvalue weighted by Gasteiger charge is -2.20. The highest BCUT2D eigenvalue weighted by Crippen LogP contribution is 2.43. The Balaban J connectivity index is 1.88. The normalized spacial score (nSPS) is 12.2. The van der Waals surface area contributed by atoms with E-state index in [-0.39, 0.29) is 12.3 Å². The van der Waals surface area contributed by atoms with Gasteiger partial charge in [-0.3, -0.25) is 0 Å². The average molecular weight is 577 g/mol. The SMILES string of the molecule is CO/N=C(/C(=O)OC)c1cccc(C)c1CO/N=C(\C)c1ccc(Oc2ccc(Cl)cc2)cc1C(F)(P)P. The fourth-order valence-electron chi connectivity index (χ4n) is 3.60. The van der Waals surface area contributed by atoms with Gasteiger partial charge in [0, 0.05) is 27.3 Å². The van der Waals surface area contributed by atoms with Crippen LogP contribution in [0.5, 0.6) is 11.5 Å². The van der Waals surface area contributed by atoms with E-state index in [0.717, 1.165) is 5.56 Å². The Labute approximate surface area is 230 Å². The summed E-state index contributed by atoms with van der Waals surface area (Å²) in [6, 6.07) is 17.3. The molecule has 38 heavy (non-hydrogen) atoms. The molecule has 0 radical (unpaired) electrons. The van der Waals surface area contributed by atoms with Crippen molar-refractivity contribution >= 4 is 47.5 Å². The van der Waals surface area contributed by atoms with E-state index in [1.807, 2.05) is 13.0 Å². The minimum atomic E-state index is -1.85. The largest absolute Gasteiger partial charge is 0.464 e. The molecule has 0 aromatic heterocycles. The van der Waals surface area contributed by atoms with Crippen LogP contribution >= 0.6 is 30.1 Å². The highest BCUT2D eigenvalue weighted by molar-refractivity contribution is 7.38. The van der Waals surface area contributed by atoms with Gasteiger partial charge in [-0.05, 0) is 61.9 Å². The van der Waals surface area contributed by atoms with Gasteiger partial charge >= 0.3 is 5.97 Å². The molecule has 0 amide bonds. The van der Waals surface area contributed by atoms with E-state index < -0.39 is 11.1 Å². The van der Waals surface area contributed by atoms with Gasteiger partial charge in [0.2, 0.25) is 0 Å². The number of esters is 1. The van der Waals surface area contributed by atoms with Gasteiger partial charge in [0.1, 0.15) is 25.2 Å². The van der Waals surface area contributed by atoms with Crippen LogP contribution in [-0.2, 0) is 31.0 Å². The number of nitrogens with zero attached hydrogens (tertiary/aromatic N) is 2. The first kappa shape index (κ1) is 29.5. The van der Waals surface area contributed by atoms with Crippen LogP contribution in [0.4, 0.5) is 4.39 Å². The summed E-state index contributed by atoms with van der Waals surface area (Å²) in [6.07, 6.45) is 0. The number of methoxy groups -OCH3 is 1. The molecule has 0 heterocycles. The third-order valence-corrected chi connectivity index (χ3v) is 6.35. The lowest BCUT2D eigenvalue weighted by molar-refractivity contribution is -0.132. The number of carbonyl (C=O) groups is 1. The summed E-state index contributed by atoms with van der Waals surface area (Å²) in [5.41, 5.74) is 3.32. The van der Waals surface area contributed by atoms with Gasteiger partial charge in [-0.15, -0.1) is 0 Å². The van der Waals surface area contributed by atoms with Crippen molar-refractivity contribution in [3.63, 3.8) is 0 Å². The molecule has 0 bridgehead atoms. The van der Waals surface area contributed by atoms with Gasteiger partial charge in [-0.25, -0.2) is 9.18 Å². The molecule has 0 aliphatic heterocycles. The van der Waals surface area contributed by atoms with Gasteiger partial charge in [0.25, 0.3) is 0 Å². The van der Waals surface area contributed by atoms with Crippen LogP contribution in [0.3, 0.4) is 0 Å². The zero-order valence-electron chi connectivity index (χ0n) is 21.3. The minimum absolute atomic E-state index is 0.00444. The third-order valence-electron chi connectivity index (χ3n) is 5.48. The molecule has 0 saturated heterocycles. The molecule has 3 aromatic carbocycles. The summed E-state index contributed by atoms with van der Waals surface area (Å²) in [6.45, 7) is 3.61. The monoisotopic (exact) mass is 576 g/mol. The van der Waals surface area contributed by atoms with Gasteiger partial charge in [0.05, 0.1) is 12.8 Å². The molecule has 3 aromatic rings. The Hall–Kier alpha value is -3.05. The molecule has 200 valence electrons. The molecular formula is C27H28ClFN2O5P2. The standard InChI is InChI=1S/C27H28ClFN2O5P2/c1-16-6-5-7-22(25(31-34-4)26(32)33-3)23(16)15-35-30-17(2)21-13-12-20(14-24(21)27(29,37)38)36-19-10-8-18(28)9-11-19/h5-14H,15,37-38H2,1-4H3/b30-17+,31-25+. The molecule has 2 unspecified atom stereocenters. The maximum absolute atomic E-state index is 15.2. The van der Waals surface area contributed by atoms with Crippen molar-refractivity contribution in [1.82, 2.24) is 0 Å². The molecule has 0 N–H and O–H groups in total. The molecule has 2 atom stereocenters. The van der Waals surface area contributed by atoms with Crippen molar-refractivity contribution in [1.29, 1.82) is 0 Å². The number of hydrogen-bond donors (Lipinski definition) is 0. The van der Waals surface area contributed by atoms with Crippen molar-refractivity contribution in [3.05, 3.63) is 93.5 Å². The van der Waals surface area contributed by atoms with Crippen molar-refractivity contribution in [3.8, 4) is 11.5 Å². The summed E-state index contributed by atoms with van der Waals surface area (Å²) in [4.78, 5) is 22.8. The van der Waals surface area contributed by atoms with Crippen LogP contribution in [-0.4, -0.2) is 31.6 Å². The van der Waals surface area contributed by atoms with Gasteiger partial charge in [0.15, 0.2) is 10.9 Å². The smallest absolute Gasteiger partial charge is 0.360 e. The molecule has 0 aliphatic rings. The second-order valence-electron chi connectivity index (χ2n) is 8.20. The van der Waals surface area contributed by atoms with E-state index in [9.17, 15) is 4.79 Å². The summed E-state index contributed by atoms with van der Waals surface area (Å²) >= 11 is 5.94. The minimum Gasteiger partial charge on any atom is -0.464 e. The summed E-state index contributed by atoms with van der Waals surface area (Å²) in [5.74, 6) is 0.365. The van der Waals surface area contributed by atoms with E-state index in [4.69, 9.17) is 30.7 Å². The molecule has 0 spiro atoms. The molecule has 11 heteroatoms. The predicted molar refractivity (Wildman–Crippen MR) is 154 cm³/mol. The van der Waals surface area contributed by atoms with Crippen LogP contribution in [0.25, 0.3) is 0 Å². The lowest BCUT2D eigenvalue weighted by Crippen LogP contribution is -2.20. The highest BCUT2D eigenvalue weighted by atomic mass is 35.5. The number of alkyl halides is 1. The Morgan fingerprint density at radius 2 is 1.68 bits per heavy atom. The topological polar surface area (TPSA) is 78.7 Å². The number of ether oxygens (including phenoxy) is 2. The number of carbonyl (C=O) groups excluding carboxylic acids is 1. The van der Waals surface area contributed by atoms with E-state index >= 15 is 4.39 Å². The quantitative estimate of drug-likeness (QED) is 0.116. The lowest BCUT2D eigenvalue weighted by atomic mass is 9.99. The van der Waals surface area contributed by atoms with E-state index in [2.05, 4.69) is 28.8 Å². The first-order valence-corrected chi connectivity index (χ1v) is 12.9. The first-order valence-electron chi connectivity index (χ1n) is 11.3. The van der Waals surface area contributed by atoms with Gasteiger partial charge in [-0.2, -0.15) is 0 Å². The number of aryl methyl sites for hydroxylation is 1. The van der Waals surface area contributed by atoms with Crippen LogP contribution in [0.15, 0.2) is 71.0 Å². The predicted octanol–water partition coefficient (Wildman–Crippen LogP) is 6.74. The first-order chi connectivity index (χ1) is 18.0. The molecule has 3 rings (SSSR count). The van der Waals surface area contributed by atoms with Crippen LogP contribution in [0.1, 0.15) is 34.7 Å². The molecule has 0 aliphatic carbocycles. The number of rotatable bonds is 10. The fraction of sp³-hybridized carbons (Fsp3) is 0.222. The zero-order chi connectivity index (χ0) is 27.9. The summed E-state index contributed by atoms with van der Waals surface area (Å²) < 4.78 is 25.9. The average Bonchev–Trinajstić information content (AvgIpc) is 2.88. The van der Waals surface area contributed by atoms with Gasteiger partial charge < -0.3 is 19.1 Å². The van der Waals surface area contributed by atoms with E-state index in [0.29, 0.717) is 44.5 Å². The molecule has 0 fully saturated rings. The molecule has 7 nitrogen and oxygen atoms in total. The zero-order valence-corrected chi connectivity index (χ0v) is 24.4. The second-order valence-corrected chi connectivity index (χ2v) is 11.0. The van der Waals surface area contributed by atoms with Crippen LogP contribution in [0.2, 0.25) is 5.02 Å². The summed E-state index contributed by atoms with van der Waals surface area (Å²) in [5, 5.41) is 6.79. The second kappa shape index (κ2) is 13.1. The molecular weight excluding hydrogens is 549 g/mol. The number of hydrogen-bond acceptors (Lipinski definition) is 7. The number of halogens is 2. The maximum atomic E-state index is 15.2. The third kappa shape index (κ3) is 7.50. The van der Waals surface area contributed by atoms with E-state index in [1.165, 1.54) is 14.2 Å². The summed E-state index contributed by atoms with van der Waals surface area (Å²) in [7, 11) is 6.92. The Morgan fingerprint density at radius 3 is 2.32 bits per heavy atom. The van der Waals surface area contributed by atoms with Crippen LogP contribution < -0.4 is 4.74 Å².